The number of carbonyl (C=O) groups excluding carboxylic acids is 2. The fourth-order valence-electron chi connectivity index (χ4n) is 7.40. The van der Waals surface area contributed by atoms with E-state index in [1.165, 1.54) is 32.9 Å². The Morgan fingerprint density at radius 3 is 1.89 bits per heavy atom. The highest BCUT2D eigenvalue weighted by molar-refractivity contribution is 6.12. The summed E-state index contributed by atoms with van der Waals surface area (Å²) in [6, 6.07) is 0. The molecule has 35 heavy (non-hydrogen) atoms. The molecule has 0 amide bonds. The third kappa shape index (κ3) is 2.28. The van der Waals surface area contributed by atoms with Crippen LogP contribution >= 0.6 is 0 Å². The molecular weight excluding hydrogens is 452 g/mol. The van der Waals surface area contributed by atoms with Gasteiger partial charge in [0.1, 0.15) is 22.7 Å². The lowest BCUT2D eigenvalue weighted by atomic mass is 9.43. The number of aliphatic hydroxyl groups excluding tert-OH is 2. The summed E-state index contributed by atoms with van der Waals surface area (Å²) >= 11 is 0. The second-order valence-electron chi connectivity index (χ2n) is 10.4. The van der Waals surface area contributed by atoms with Gasteiger partial charge in [0.05, 0.1) is 11.3 Å². The summed E-state index contributed by atoms with van der Waals surface area (Å²) in [4.78, 5) is 28.2. The molecule has 2 saturated heterocycles. The van der Waals surface area contributed by atoms with Crippen LogP contribution < -0.4 is 0 Å². The summed E-state index contributed by atoms with van der Waals surface area (Å²) in [5.41, 5.74) is -5.52. The first-order valence-electron chi connectivity index (χ1n) is 11.7. The van der Waals surface area contributed by atoms with Crippen molar-refractivity contribution in [2.24, 2.45) is 23.2 Å². The number of ether oxygens (including phenoxy) is 2. The first-order valence-corrected chi connectivity index (χ1v) is 11.7. The fraction of sp³-hybridized carbons (Fsp3) is 0.481. The average Bonchev–Trinajstić information content (AvgIpc) is 3.14. The molecule has 0 aromatic rings. The van der Waals surface area contributed by atoms with Gasteiger partial charge >= 0.3 is 0 Å². The Morgan fingerprint density at radius 1 is 0.800 bits per heavy atom. The zero-order valence-corrected chi connectivity index (χ0v) is 20.3. The largest absolute Gasteiger partial charge is 0.508 e. The number of ketones is 2. The lowest BCUT2D eigenvalue weighted by Crippen LogP contribution is -2.72. The first kappa shape index (κ1) is 23.9. The summed E-state index contributed by atoms with van der Waals surface area (Å²) in [6.07, 6.45) is 12.6. The average molecular weight is 483 g/mol. The quantitative estimate of drug-likeness (QED) is 0.273. The predicted octanol–water partition coefficient (Wildman–Crippen LogP) is 2.86. The van der Waals surface area contributed by atoms with Crippen LogP contribution in [0.2, 0.25) is 0 Å². The molecule has 8 heteroatoms. The van der Waals surface area contributed by atoms with Crippen molar-refractivity contribution in [3.8, 4) is 0 Å². The van der Waals surface area contributed by atoms with Gasteiger partial charge in [-0.25, -0.2) is 0 Å². The zero-order chi connectivity index (χ0) is 25.8. The maximum Gasteiger partial charge on any atom is 0.210 e. The van der Waals surface area contributed by atoms with E-state index >= 15 is 0 Å². The monoisotopic (exact) mass is 482 g/mol. The van der Waals surface area contributed by atoms with Crippen LogP contribution in [0.3, 0.4) is 0 Å². The Morgan fingerprint density at radius 2 is 1.34 bits per heavy atom. The van der Waals surface area contributed by atoms with Crippen LogP contribution in [-0.2, 0) is 19.1 Å². The van der Waals surface area contributed by atoms with Crippen molar-refractivity contribution in [1.82, 2.24) is 0 Å². The number of hydrogen-bond donors (Lipinski definition) is 4. The standard InChI is InChI=1S/C27H30O8/c1-6-8-10-12-14(28)16-18-19-20(30)17(15(29)13-11-9-7-2)21-23(3,22(16)31)27(33)24(18,4)34-26(19,32)25(21,5)35-27/h6-13,18-19,21,28-29,32-33H,1-5H3/b8-6+,9-7+,12-10+,13-11+,16-14+,17-15+/t18?,19?,21?,23-,24+,25+,26-,27-/m1/s1. The summed E-state index contributed by atoms with van der Waals surface area (Å²) < 4.78 is 12.3. The molecule has 0 spiro atoms. The van der Waals surface area contributed by atoms with Gasteiger partial charge in [0.25, 0.3) is 0 Å². The van der Waals surface area contributed by atoms with Gasteiger partial charge in [-0.3, -0.25) is 9.59 Å². The van der Waals surface area contributed by atoms with Crippen LogP contribution in [0.4, 0.5) is 0 Å². The first-order chi connectivity index (χ1) is 16.3. The van der Waals surface area contributed by atoms with Gasteiger partial charge in [-0.1, -0.05) is 36.5 Å². The lowest BCUT2D eigenvalue weighted by Gasteiger charge is -2.55. The molecule has 5 fully saturated rings. The van der Waals surface area contributed by atoms with Gasteiger partial charge in [-0.05, 0) is 46.8 Å². The van der Waals surface area contributed by atoms with Crippen molar-refractivity contribution in [3.63, 3.8) is 0 Å². The van der Waals surface area contributed by atoms with Crippen molar-refractivity contribution in [3.05, 3.63) is 71.3 Å². The van der Waals surface area contributed by atoms with Gasteiger partial charge in [0.15, 0.2) is 11.6 Å². The number of aliphatic hydroxyl groups is 4. The Bertz CT molecular complexity index is 1200. The summed E-state index contributed by atoms with van der Waals surface area (Å²) in [7, 11) is 0. The van der Waals surface area contributed by atoms with Crippen LogP contribution in [0.5, 0.6) is 0 Å². The second-order valence-corrected chi connectivity index (χ2v) is 10.4. The molecule has 4 N–H and O–H groups in total. The minimum Gasteiger partial charge on any atom is -0.508 e. The molecule has 3 unspecified atom stereocenters. The van der Waals surface area contributed by atoms with Crippen molar-refractivity contribution in [2.75, 3.05) is 0 Å². The number of hydrogen-bond acceptors (Lipinski definition) is 8. The Balaban J connectivity index is 1.88. The zero-order valence-electron chi connectivity index (χ0n) is 20.3. The fourth-order valence-corrected chi connectivity index (χ4v) is 7.40. The molecule has 2 heterocycles. The summed E-state index contributed by atoms with van der Waals surface area (Å²) in [6.45, 7) is 8.01. The molecule has 0 aromatic heterocycles. The van der Waals surface area contributed by atoms with Crippen LogP contribution in [0.1, 0.15) is 34.6 Å². The van der Waals surface area contributed by atoms with E-state index in [1.54, 1.807) is 50.3 Å². The highest BCUT2D eigenvalue weighted by atomic mass is 16.8. The second kappa shape index (κ2) is 6.91. The van der Waals surface area contributed by atoms with Gasteiger partial charge in [-0.2, -0.15) is 0 Å². The van der Waals surface area contributed by atoms with Gasteiger partial charge in [-0.15, -0.1) is 0 Å². The van der Waals surface area contributed by atoms with E-state index in [2.05, 4.69) is 0 Å². The smallest absolute Gasteiger partial charge is 0.210 e. The van der Waals surface area contributed by atoms with E-state index in [0.717, 1.165) is 0 Å². The van der Waals surface area contributed by atoms with Gasteiger partial charge in [0.2, 0.25) is 11.6 Å². The summed E-state index contributed by atoms with van der Waals surface area (Å²) in [5, 5.41) is 46.0. The third-order valence-corrected chi connectivity index (χ3v) is 8.82. The molecule has 5 aliphatic rings. The van der Waals surface area contributed by atoms with E-state index in [0.29, 0.717) is 0 Å². The van der Waals surface area contributed by atoms with Crippen LogP contribution in [0, 0.1) is 23.2 Å². The molecule has 8 atom stereocenters. The predicted molar refractivity (Wildman–Crippen MR) is 125 cm³/mol. The van der Waals surface area contributed by atoms with E-state index < -0.39 is 57.5 Å². The lowest BCUT2D eigenvalue weighted by molar-refractivity contribution is -0.445. The third-order valence-electron chi connectivity index (χ3n) is 8.82. The molecule has 0 aromatic carbocycles. The molecule has 8 nitrogen and oxygen atoms in total. The molecule has 8 bridgehead atoms. The maximum atomic E-state index is 14.2. The Kier molecular flexibility index (Phi) is 4.73. The molecule has 5 rings (SSSR count). The number of rotatable bonds is 4. The van der Waals surface area contributed by atoms with E-state index in [4.69, 9.17) is 9.47 Å². The number of carbonyl (C=O) groups is 2. The van der Waals surface area contributed by atoms with Crippen molar-refractivity contribution in [1.29, 1.82) is 0 Å². The van der Waals surface area contributed by atoms with Crippen LogP contribution in [0.25, 0.3) is 0 Å². The minimum absolute atomic E-state index is 0.102. The highest BCUT2D eigenvalue weighted by Crippen LogP contribution is 2.80. The van der Waals surface area contributed by atoms with Gasteiger partial charge < -0.3 is 29.9 Å². The van der Waals surface area contributed by atoms with E-state index in [9.17, 15) is 30.0 Å². The van der Waals surface area contributed by atoms with E-state index in [-0.39, 0.29) is 22.7 Å². The van der Waals surface area contributed by atoms with Crippen LogP contribution in [-0.4, -0.2) is 54.8 Å². The van der Waals surface area contributed by atoms with Gasteiger partial charge in [0, 0.05) is 23.0 Å². The molecule has 2 aliphatic heterocycles. The molecule has 186 valence electrons. The van der Waals surface area contributed by atoms with Crippen molar-refractivity contribution in [2.45, 2.75) is 57.4 Å². The van der Waals surface area contributed by atoms with Crippen molar-refractivity contribution < 1.29 is 39.5 Å². The van der Waals surface area contributed by atoms with Crippen LogP contribution in [0.15, 0.2) is 71.3 Å². The molecule has 3 aliphatic carbocycles. The molecule has 0 radical (unpaired) electrons. The minimum atomic E-state index is -2.24. The summed E-state index contributed by atoms with van der Waals surface area (Å²) in [5.74, 6) is -10.3. The Hall–Kier alpha value is -2.78. The highest BCUT2D eigenvalue weighted by Gasteiger charge is 2.96. The number of allylic oxidation sites excluding steroid dienone is 8. The van der Waals surface area contributed by atoms with E-state index in [1.807, 2.05) is 0 Å². The normalized spacial score (nSPS) is 50.8. The van der Waals surface area contributed by atoms with Crippen molar-refractivity contribution >= 4 is 11.6 Å². The molecule has 3 saturated carbocycles. The number of Topliss-reactive ketones (excluding diaryl/α,β-unsaturated/α-hetero) is 2. The molecular formula is C27H30O8. The Labute approximate surface area is 203 Å². The topological polar surface area (TPSA) is 134 Å². The SMILES string of the molecule is C/C=C/C=C/C(O)=C1/C(=O)C2C3/C(=C(O)/C=C/C=C/C)C(=O)[C@@]4(C)C1[C@]1(C)O[C@@]4(O)[C@@]3(C)O[C@]21O. The maximum absolute atomic E-state index is 14.2.